The molecular formula is C10H12ClNO2. The Bertz CT molecular complexity index is 284. The first-order chi connectivity index (χ1) is 6.62. The van der Waals surface area contributed by atoms with Crippen molar-refractivity contribution >= 4 is 23.8 Å². The highest BCUT2D eigenvalue weighted by Crippen LogP contribution is 2.08. The van der Waals surface area contributed by atoms with Crippen molar-refractivity contribution in [2.24, 2.45) is 0 Å². The van der Waals surface area contributed by atoms with Crippen LogP contribution < -0.4 is 0 Å². The second-order valence-corrected chi connectivity index (χ2v) is 2.76. The van der Waals surface area contributed by atoms with E-state index in [-0.39, 0.29) is 23.1 Å². The minimum Gasteiger partial charge on any atom is -0.328 e. The number of hydrogen-bond donors (Lipinski definition) is 0. The van der Waals surface area contributed by atoms with Crippen molar-refractivity contribution in [2.75, 3.05) is 13.1 Å². The second kappa shape index (κ2) is 6.16. The molecule has 0 aliphatic carbocycles. The summed E-state index contributed by atoms with van der Waals surface area (Å²) >= 11 is 5.47. The van der Waals surface area contributed by atoms with Crippen molar-refractivity contribution in [3.8, 4) is 0 Å². The van der Waals surface area contributed by atoms with Gasteiger partial charge in [0.25, 0.3) is 5.91 Å². The number of halogens is 1. The highest BCUT2D eigenvalue weighted by molar-refractivity contribution is 6.19. The first kappa shape index (κ1) is 12.7. The second-order valence-electron chi connectivity index (χ2n) is 2.52. The molecule has 0 heterocycles. The molecular weight excluding hydrogens is 202 g/mol. The molecule has 76 valence electrons. The molecule has 0 saturated heterocycles. The van der Waals surface area contributed by atoms with Crippen molar-refractivity contribution in [1.29, 1.82) is 0 Å². The average Bonchev–Trinajstić information content (AvgIpc) is 2.23. The van der Waals surface area contributed by atoms with Crippen LogP contribution in [0, 0.1) is 0 Å². The fraction of sp³-hybridized carbons (Fsp3) is 0.200. The zero-order valence-electron chi connectivity index (χ0n) is 8.00. The largest absolute Gasteiger partial charge is 0.328 e. The monoisotopic (exact) mass is 213 g/mol. The molecule has 0 unspecified atom stereocenters. The number of alkyl halides is 1. The third-order valence-electron chi connectivity index (χ3n) is 1.62. The normalized spacial score (nSPS) is 11.3. The third kappa shape index (κ3) is 2.85. The van der Waals surface area contributed by atoms with Crippen molar-refractivity contribution in [1.82, 2.24) is 4.90 Å². The Labute approximate surface area is 88.3 Å². The summed E-state index contributed by atoms with van der Waals surface area (Å²) in [6.07, 6.45) is 3.19. The fourth-order valence-electron chi connectivity index (χ4n) is 0.810. The van der Waals surface area contributed by atoms with Crippen LogP contribution in [0.3, 0.4) is 0 Å². The van der Waals surface area contributed by atoms with Crippen molar-refractivity contribution in [3.05, 3.63) is 36.5 Å². The number of aldehydes is 1. The number of allylic oxidation sites excluding steroid dienone is 2. The Balaban J connectivity index is 5.16. The van der Waals surface area contributed by atoms with Gasteiger partial charge in [0.2, 0.25) is 0 Å². The van der Waals surface area contributed by atoms with Crippen LogP contribution in [-0.4, -0.2) is 30.1 Å². The van der Waals surface area contributed by atoms with Gasteiger partial charge >= 0.3 is 0 Å². The number of carbonyl (C=O) groups excluding carboxylic acids is 2. The molecule has 0 atom stereocenters. The van der Waals surface area contributed by atoms with E-state index >= 15 is 0 Å². The molecule has 4 heteroatoms. The van der Waals surface area contributed by atoms with E-state index in [4.69, 9.17) is 11.6 Å². The Morgan fingerprint density at radius 3 is 2.29 bits per heavy atom. The van der Waals surface area contributed by atoms with E-state index in [9.17, 15) is 9.59 Å². The fourth-order valence-corrected chi connectivity index (χ4v) is 0.919. The highest BCUT2D eigenvalue weighted by atomic mass is 35.5. The van der Waals surface area contributed by atoms with Crippen LogP contribution in [0.2, 0.25) is 0 Å². The van der Waals surface area contributed by atoms with Gasteiger partial charge in [-0.05, 0) is 0 Å². The maximum Gasteiger partial charge on any atom is 0.255 e. The molecule has 0 aromatic rings. The molecule has 0 aliphatic rings. The molecule has 0 aliphatic heterocycles. The lowest BCUT2D eigenvalue weighted by molar-refractivity contribution is -0.125. The van der Waals surface area contributed by atoms with Crippen LogP contribution in [0.25, 0.3) is 0 Å². The van der Waals surface area contributed by atoms with E-state index in [1.165, 1.54) is 24.1 Å². The predicted molar refractivity (Wildman–Crippen MR) is 57.0 cm³/mol. The van der Waals surface area contributed by atoms with E-state index < -0.39 is 0 Å². The lowest BCUT2D eigenvalue weighted by Crippen LogP contribution is -2.27. The van der Waals surface area contributed by atoms with Crippen LogP contribution in [-0.2, 0) is 9.59 Å². The maximum absolute atomic E-state index is 11.6. The van der Waals surface area contributed by atoms with Gasteiger partial charge in [0.15, 0.2) is 6.29 Å². The lowest BCUT2D eigenvalue weighted by Gasteiger charge is -2.14. The minimum absolute atomic E-state index is 0.0550. The van der Waals surface area contributed by atoms with Gasteiger partial charge in [-0.1, -0.05) is 25.3 Å². The minimum atomic E-state index is -0.350. The predicted octanol–water partition coefficient (Wildman–Crippen LogP) is 1.51. The number of likely N-dealkylation sites (N-methyl/N-ethyl adjacent to an activating group) is 1. The third-order valence-corrected chi connectivity index (χ3v) is 1.98. The summed E-state index contributed by atoms with van der Waals surface area (Å²) in [5, 5.41) is 0. The number of hydrogen-bond acceptors (Lipinski definition) is 2. The van der Waals surface area contributed by atoms with Crippen molar-refractivity contribution < 1.29 is 9.59 Å². The zero-order valence-corrected chi connectivity index (χ0v) is 8.75. The van der Waals surface area contributed by atoms with Crippen LogP contribution >= 0.6 is 11.6 Å². The zero-order chi connectivity index (χ0) is 11.1. The summed E-state index contributed by atoms with van der Waals surface area (Å²) in [4.78, 5) is 23.4. The van der Waals surface area contributed by atoms with Crippen molar-refractivity contribution in [2.45, 2.75) is 0 Å². The van der Waals surface area contributed by atoms with Gasteiger partial charge in [-0.25, -0.2) is 0 Å². The molecule has 0 radical (unpaired) electrons. The molecule has 0 spiro atoms. The smallest absolute Gasteiger partial charge is 0.255 e. The molecule has 0 N–H and O–H groups in total. The molecule has 0 aromatic heterocycles. The summed E-state index contributed by atoms with van der Waals surface area (Å²) in [6, 6.07) is 0.0550. The Morgan fingerprint density at radius 1 is 1.43 bits per heavy atom. The van der Waals surface area contributed by atoms with E-state index in [2.05, 4.69) is 13.2 Å². The SMILES string of the molecule is C=C/C(C=O)=C(\C=C)C(=O)N(C)CCl. The van der Waals surface area contributed by atoms with Gasteiger partial charge in [-0.3, -0.25) is 9.59 Å². The lowest BCUT2D eigenvalue weighted by atomic mass is 10.1. The topological polar surface area (TPSA) is 37.4 Å². The summed E-state index contributed by atoms with van der Waals surface area (Å²) < 4.78 is 0. The quantitative estimate of drug-likeness (QED) is 0.228. The maximum atomic E-state index is 11.6. The van der Waals surface area contributed by atoms with Gasteiger partial charge in [-0.2, -0.15) is 0 Å². The Kier molecular flexibility index (Phi) is 5.56. The summed E-state index contributed by atoms with van der Waals surface area (Å²) in [6.45, 7) is 6.89. The molecule has 0 fully saturated rings. The number of nitrogens with zero attached hydrogens (tertiary/aromatic N) is 1. The van der Waals surface area contributed by atoms with Crippen LogP contribution in [0.4, 0.5) is 0 Å². The number of rotatable bonds is 5. The van der Waals surface area contributed by atoms with E-state index in [0.29, 0.717) is 6.29 Å². The number of amides is 1. The summed E-state index contributed by atoms with van der Waals surface area (Å²) in [7, 11) is 1.53. The van der Waals surface area contributed by atoms with Crippen LogP contribution in [0.15, 0.2) is 36.5 Å². The molecule has 0 bridgehead atoms. The van der Waals surface area contributed by atoms with Gasteiger partial charge < -0.3 is 4.90 Å². The molecule has 0 saturated carbocycles. The molecule has 0 rings (SSSR count). The Hall–Kier alpha value is -1.35. The first-order valence-corrected chi connectivity index (χ1v) is 4.41. The van der Waals surface area contributed by atoms with E-state index in [1.54, 1.807) is 0 Å². The first-order valence-electron chi connectivity index (χ1n) is 3.88. The van der Waals surface area contributed by atoms with Crippen LogP contribution in [0.5, 0.6) is 0 Å². The number of carbonyl (C=O) groups is 2. The summed E-state index contributed by atoms with van der Waals surface area (Å²) in [5.74, 6) is -0.350. The Morgan fingerprint density at radius 2 is 2.00 bits per heavy atom. The summed E-state index contributed by atoms with van der Waals surface area (Å²) in [5.41, 5.74) is 0.417. The van der Waals surface area contributed by atoms with Gasteiger partial charge in [0.1, 0.15) is 0 Å². The average molecular weight is 214 g/mol. The molecule has 0 aromatic carbocycles. The van der Waals surface area contributed by atoms with Gasteiger partial charge in [0.05, 0.1) is 6.00 Å². The molecule has 3 nitrogen and oxygen atoms in total. The molecule has 1 amide bonds. The molecule has 14 heavy (non-hydrogen) atoms. The standard InChI is InChI=1S/C10H12ClNO2/c1-4-8(6-13)9(5-2)10(14)12(3)7-11/h4-6H,1-2,7H2,3H3/b9-8-. The van der Waals surface area contributed by atoms with E-state index in [1.807, 2.05) is 0 Å². The van der Waals surface area contributed by atoms with Crippen molar-refractivity contribution in [3.63, 3.8) is 0 Å². The highest BCUT2D eigenvalue weighted by Gasteiger charge is 2.13. The van der Waals surface area contributed by atoms with E-state index in [0.717, 1.165) is 0 Å². The van der Waals surface area contributed by atoms with Crippen LogP contribution in [0.1, 0.15) is 0 Å². The van der Waals surface area contributed by atoms with Gasteiger partial charge in [0, 0.05) is 18.2 Å². The van der Waals surface area contributed by atoms with Gasteiger partial charge in [-0.15, -0.1) is 11.6 Å².